The number of benzene rings is 5. The standard InChI is InChI=1S/C40H38N3.C2H6/c1-27-24-30(25-28(2)38(27)42-23-22-41(6)39(42)33-17-10-12-18-35(33)40(3,4)5)29-20-21-37-34(26-29)32-16-11-13-19-36(32)43(37)31-14-8-7-9-15-31;1-2/h7-26H,1-6H3;1-2H3/q+1;. The van der Waals surface area contributed by atoms with E-state index in [0.29, 0.717) is 0 Å². The van der Waals surface area contributed by atoms with Gasteiger partial charge in [0.25, 0.3) is 5.82 Å². The second-order valence-corrected chi connectivity index (χ2v) is 12.8. The molecule has 0 aliphatic carbocycles. The molecule has 3 heteroatoms. The van der Waals surface area contributed by atoms with Crippen molar-refractivity contribution >= 4 is 21.8 Å². The van der Waals surface area contributed by atoms with Crippen LogP contribution in [0.1, 0.15) is 51.3 Å². The molecule has 0 saturated carbocycles. The van der Waals surface area contributed by atoms with E-state index in [1.54, 1.807) is 0 Å². The minimum atomic E-state index is 0.0366. The average Bonchev–Trinajstić information content (AvgIpc) is 3.58. The van der Waals surface area contributed by atoms with Crippen LogP contribution in [0.4, 0.5) is 0 Å². The maximum Gasteiger partial charge on any atom is 0.294 e. The Morgan fingerprint density at radius 1 is 0.622 bits per heavy atom. The molecule has 0 amide bonds. The highest BCUT2D eigenvalue weighted by Gasteiger charge is 2.28. The smallest absolute Gasteiger partial charge is 0.294 e. The third kappa shape index (κ3) is 5.27. The fourth-order valence-electron chi connectivity index (χ4n) is 6.82. The quantitative estimate of drug-likeness (QED) is 0.181. The van der Waals surface area contributed by atoms with E-state index < -0.39 is 0 Å². The summed E-state index contributed by atoms with van der Waals surface area (Å²) in [4.78, 5) is 0. The van der Waals surface area contributed by atoms with Gasteiger partial charge in [-0.3, -0.25) is 0 Å². The zero-order chi connectivity index (χ0) is 31.9. The lowest BCUT2D eigenvalue weighted by molar-refractivity contribution is -0.659. The summed E-state index contributed by atoms with van der Waals surface area (Å²) in [6.45, 7) is 15.4. The second-order valence-electron chi connectivity index (χ2n) is 12.8. The monoisotopic (exact) mass is 590 g/mol. The zero-order valence-electron chi connectivity index (χ0n) is 27.9. The van der Waals surface area contributed by atoms with Gasteiger partial charge in [-0.2, -0.15) is 4.57 Å². The highest BCUT2D eigenvalue weighted by Crippen LogP contribution is 2.37. The van der Waals surface area contributed by atoms with Crippen LogP contribution in [0.25, 0.3) is 55.7 Å². The van der Waals surface area contributed by atoms with Crippen LogP contribution in [-0.2, 0) is 12.5 Å². The summed E-state index contributed by atoms with van der Waals surface area (Å²) in [6.07, 6.45) is 4.37. The molecule has 0 fully saturated rings. The first kappa shape index (κ1) is 30.1. The molecule has 0 unspecified atom stereocenters. The lowest BCUT2D eigenvalue weighted by Gasteiger charge is -2.22. The van der Waals surface area contributed by atoms with Crippen molar-refractivity contribution in [1.82, 2.24) is 9.13 Å². The lowest BCUT2D eigenvalue weighted by Crippen LogP contribution is -2.30. The molecule has 7 rings (SSSR count). The molecular weight excluding hydrogens is 546 g/mol. The summed E-state index contributed by atoms with van der Waals surface area (Å²) in [5.74, 6) is 1.19. The number of rotatable bonds is 4. The van der Waals surface area contributed by atoms with Gasteiger partial charge in [-0.15, -0.1) is 0 Å². The third-order valence-corrected chi connectivity index (χ3v) is 8.73. The molecule has 0 radical (unpaired) electrons. The van der Waals surface area contributed by atoms with Gasteiger partial charge in [-0.25, -0.2) is 4.57 Å². The van der Waals surface area contributed by atoms with E-state index in [0.717, 1.165) is 0 Å². The normalized spacial score (nSPS) is 11.6. The molecule has 0 spiro atoms. The number of para-hydroxylation sites is 2. The van der Waals surface area contributed by atoms with E-state index >= 15 is 0 Å². The number of nitrogens with zero attached hydrogens (tertiary/aromatic N) is 3. The fourth-order valence-corrected chi connectivity index (χ4v) is 6.82. The molecule has 2 aromatic heterocycles. The summed E-state index contributed by atoms with van der Waals surface area (Å²) in [7, 11) is 2.14. The average molecular weight is 591 g/mol. The number of hydrogen-bond donors (Lipinski definition) is 0. The molecule has 3 nitrogen and oxygen atoms in total. The van der Waals surface area contributed by atoms with Crippen molar-refractivity contribution in [1.29, 1.82) is 0 Å². The van der Waals surface area contributed by atoms with Gasteiger partial charge in [-0.05, 0) is 95.6 Å². The molecule has 0 atom stereocenters. The van der Waals surface area contributed by atoms with Crippen LogP contribution in [-0.4, -0.2) is 9.13 Å². The molecule has 2 heterocycles. The zero-order valence-corrected chi connectivity index (χ0v) is 27.9. The van der Waals surface area contributed by atoms with Gasteiger partial charge in [0, 0.05) is 16.5 Å². The van der Waals surface area contributed by atoms with Gasteiger partial charge in [0.2, 0.25) is 0 Å². The summed E-state index contributed by atoms with van der Waals surface area (Å²) >= 11 is 0. The Bertz CT molecular complexity index is 2110. The third-order valence-electron chi connectivity index (χ3n) is 8.73. The largest absolute Gasteiger partial charge is 0.309 e. The molecule has 0 N–H and O–H groups in total. The summed E-state index contributed by atoms with van der Waals surface area (Å²) in [5.41, 5.74) is 12.5. The Kier molecular flexibility index (Phi) is 7.97. The number of aryl methyl sites for hydroxylation is 3. The molecule has 226 valence electrons. The van der Waals surface area contributed by atoms with Crippen molar-refractivity contribution < 1.29 is 4.57 Å². The van der Waals surface area contributed by atoms with E-state index in [1.807, 2.05) is 13.8 Å². The minimum Gasteiger partial charge on any atom is -0.309 e. The maximum atomic E-state index is 2.37. The summed E-state index contributed by atoms with van der Waals surface area (Å²) < 4.78 is 6.99. The van der Waals surface area contributed by atoms with Gasteiger partial charge in [0.15, 0.2) is 0 Å². The topological polar surface area (TPSA) is 13.7 Å². The molecule has 0 aliphatic rings. The van der Waals surface area contributed by atoms with Crippen molar-refractivity contribution in [2.45, 2.75) is 53.9 Å². The predicted molar refractivity (Wildman–Crippen MR) is 192 cm³/mol. The first-order chi connectivity index (χ1) is 21.7. The van der Waals surface area contributed by atoms with Crippen molar-refractivity contribution in [2.24, 2.45) is 7.05 Å². The number of aromatic nitrogens is 3. The summed E-state index contributed by atoms with van der Waals surface area (Å²) in [6, 6.07) is 39.8. The molecule has 0 aliphatic heterocycles. The van der Waals surface area contributed by atoms with E-state index in [-0.39, 0.29) is 5.41 Å². The van der Waals surface area contributed by atoms with Gasteiger partial charge in [-0.1, -0.05) is 95.3 Å². The highest BCUT2D eigenvalue weighted by atomic mass is 15.1. The molecule has 0 saturated heterocycles. The maximum absolute atomic E-state index is 2.37. The van der Waals surface area contributed by atoms with Crippen LogP contribution < -0.4 is 4.57 Å². The van der Waals surface area contributed by atoms with Gasteiger partial charge < -0.3 is 4.57 Å². The van der Waals surface area contributed by atoms with Gasteiger partial charge >= 0.3 is 0 Å². The molecule has 45 heavy (non-hydrogen) atoms. The molecule has 7 aromatic rings. The highest BCUT2D eigenvalue weighted by molar-refractivity contribution is 6.10. The molecule has 5 aromatic carbocycles. The molecular formula is C42H44N3+. The van der Waals surface area contributed by atoms with Gasteiger partial charge in [0.05, 0.1) is 23.6 Å². The lowest BCUT2D eigenvalue weighted by atomic mass is 9.83. The van der Waals surface area contributed by atoms with Crippen molar-refractivity contribution in [3.05, 3.63) is 138 Å². The Hall–Kier alpha value is -4.89. The fraction of sp³-hybridized carbons (Fsp3) is 0.214. The summed E-state index contributed by atoms with van der Waals surface area (Å²) in [5, 5.41) is 2.55. The first-order valence-corrected chi connectivity index (χ1v) is 16.1. The predicted octanol–water partition coefficient (Wildman–Crippen LogP) is 10.7. The van der Waals surface area contributed by atoms with Crippen molar-refractivity contribution in [2.75, 3.05) is 0 Å². The van der Waals surface area contributed by atoms with Crippen LogP contribution in [0, 0.1) is 13.8 Å². The van der Waals surface area contributed by atoms with Gasteiger partial charge in [0.1, 0.15) is 18.1 Å². The van der Waals surface area contributed by atoms with Crippen molar-refractivity contribution in [3.63, 3.8) is 0 Å². The Morgan fingerprint density at radius 2 is 1.24 bits per heavy atom. The van der Waals surface area contributed by atoms with E-state index in [2.05, 4.69) is 177 Å². The van der Waals surface area contributed by atoms with Crippen molar-refractivity contribution in [3.8, 4) is 33.9 Å². The van der Waals surface area contributed by atoms with Crippen LogP contribution in [0.15, 0.2) is 122 Å². The van der Waals surface area contributed by atoms with Crippen LogP contribution in [0.3, 0.4) is 0 Å². The first-order valence-electron chi connectivity index (χ1n) is 16.1. The second kappa shape index (κ2) is 11.9. The Morgan fingerprint density at radius 3 is 1.96 bits per heavy atom. The van der Waals surface area contributed by atoms with E-state index in [4.69, 9.17) is 0 Å². The van der Waals surface area contributed by atoms with Crippen LogP contribution in [0.2, 0.25) is 0 Å². The Balaban J connectivity index is 0.00000175. The minimum absolute atomic E-state index is 0.0366. The van der Waals surface area contributed by atoms with E-state index in [1.165, 1.54) is 72.4 Å². The van der Waals surface area contributed by atoms with Crippen LogP contribution in [0.5, 0.6) is 0 Å². The molecule has 0 bridgehead atoms. The SMILES string of the molecule is CC.Cc1cc(-c2ccc3c(c2)c2ccccc2n3-c2ccccc2)cc(C)c1-n1cc[n+](C)c1-c1ccccc1C(C)(C)C. The van der Waals surface area contributed by atoms with E-state index in [9.17, 15) is 0 Å². The number of fused-ring (bicyclic) bond motifs is 3. The van der Waals surface area contributed by atoms with Crippen LogP contribution >= 0.6 is 0 Å². The number of imidazole rings is 1. The Labute approximate surface area is 268 Å². The number of hydrogen-bond acceptors (Lipinski definition) is 0.